The average Bonchev–Trinajstić information content (AvgIpc) is 3.45. The monoisotopic (exact) mass is 444 g/mol. The van der Waals surface area contributed by atoms with Gasteiger partial charge in [0.05, 0.1) is 23.3 Å². The van der Waals surface area contributed by atoms with Crippen LogP contribution in [0.4, 0.5) is 17.5 Å². The van der Waals surface area contributed by atoms with Gasteiger partial charge in [-0.15, -0.1) is 0 Å². The van der Waals surface area contributed by atoms with Crippen LogP contribution < -0.4 is 16.8 Å². The molecule has 1 aliphatic rings. The van der Waals surface area contributed by atoms with E-state index in [0.717, 1.165) is 22.4 Å². The van der Waals surface area contributed by atoms with Crippen molar-refractivity contribution in [2.45, 2.75) is 39.9 Å². The third-order valence-electron chi connectivity index (χ3n) is 5.51. The quantitative estimate of drug-likeness (QED) is 0.412. The van der Waals surface area contributed by atoms with Crippen molar-refractivity contribution < 1.29 is 4.79 Å². The van der Waals surface area contributed by atoms with Crippen molar-refractivity contribution in [2.75, 3.05) is 11.1 Å². The number of rotatable bonds is 6. The topological polar surface area (TPSA) is 155 Å². The van der Waals surface area contributed by atoms with Crippen LogP contribution in [-0.2, 0) is 17.9 Å². The molecule has 4 aromatic rings. The van der Waals surface area contributed by atoms with E-state index >= 15 is 0 Å². The first-order valence-electron chi connectivity index (χ1n) is 10.6. The highest BCUT2D eigenvalue weighted by molar-refractivity contribution is 6.04. The number of nitrogens with one attached hydrogen (secondary N) is 1. The van der Waals surface area contributed by atoms with E-state index in [0.29, 0.717) is 40.7 Å². The number of hydrogen-bond donors (Lipinski definition) is 3. The molecule has 168 valence electrons. The van der Waals surface area contributed by atoms with Crippen LogP contribution >= 0.6 is 0 Å². The summed E-state index contributed by atoms with van der Waals surface area (Å²) in [5, 5.41) is 13.0. The Labute approximate surface area is 189 Å². The molecule has 0 bridgehead atoms. The van der Waals surface area contributed by atoms with Gasteiger partial charge in [0.15, 0.2) is 5.65 Å². The second-order valence-corrected chi connectivity index (χ2v) is 8.28. The molecule has 0 atom stereocenters. The number of anilines is 3. The Balaban J connectivity index is 1.62. The summed E-state index contributed by atoms with van der Waals surface area (Å²) in [5.74, 6) is 0.158. The van der Waals surface area contributed by atoms with Crippen molar-refractivity contribution in [3.8, 4) is 11.3 Å². The molecular weight excluding hydrogens is 420 g/mol. The minimum Gasteiger partial charge on any atom is -0.383 e. The van der Waals surface area contributed by atoms with E-state index in [2.05, 4.69) is 26.5 Å². The summed E-state index contributed by atoms with van der Waals surface area (Å²) in [6, 6.07) is 6.14. The van der Waals surface area contributed by atoms with Gasteiger partial charge >= 0.3 is 0 Å². The first-order valence-corrected chi connectivity index (χ1v) is 10.6. The largest absolute Gasteiger partial charge is 0.383 e. The zero-order valence-electron chi connectivity index (χ0n) is 18.6. The van der Waals surface area contributed by atoms with Crippen LogP contribution in [0.15, 0.2) is 29.4 Å². The minimum absolute atomic E-state index is 0.0151. The Hall–Kier alpha value is -4.28. The standard InChI is InChI=1S/C22H24N10O/c1-11(2)32-21-18(19(30-32)14-6-4-5-13-7-25-8-15(13)14)20(24)27-22(28-21)26-16-9-31(10-17(23)33)29-12(16)3/h4-6,8-9,11H,7,10H2,1-3H3,(H2,23,33)(H3,24,26,27,28). The molecule has 5 rings (SSSR count). The van der Waals surface area contributed by atoms with Gasteiger partial charge in [-0.1, -0.05) is 18.2 Å². The number of primary amides is 1. The summed E-state index contributed by atoms with van der Waals surface area (Å²) in [6.45, 7) is 6.54. The number of aromatic nitrogens is 6. The van der Waals surface area contributed by atoms with Gasteiger partial charge in [-0.2, -0.15) is 20.2 Å². The number of aliphatic imine (C=N–C) groups is 1. The number of fused-ring (bicyclic) bond motifs is 2. The highest BCUT2D eigenvalue weighted by Crippen LogP contribution is 2.36. The maximum absolute atomic E-state index is 11.2. The molecule has 1 aliphatic heterocycles. The smallest absolute Gasteiger partial charge is 0.239 e. The zero-order chi connectivity index (χ0) is 23.3. The zero-order valence-corrected chi connectivity index (χ0v) is 18.6. The first-order chi connectivity index (χ1) is 15.8. The fourth-order valence-corrected chi connectivity index (χ4v) is 4.02. The highest BCUT2D eigenvalue weighted by Gasteiger charge is 2.23. The molecule has 3 aromatic heterocycles. The van der Waals surface area contributed by atoms with Crippen molar-refractivity contribution in [3.05, 3.63) is 41.2 Å². The van der Waals surface area contributed by atoms with Crippen LogP contribution in [0, 0.1) is 6.92 Å². The van der Waals surface area contributed by atoms with Gasteiger partial charge < -0.3 is 16.8 Å². The van der Waals surface area contributed by atoms with E-state index in [1.807, 2.05) is 43.8 Å². The molecule has 0 unspecified atom stereocenters. The molecule has 0 saturated heterocycles. The summed E-state index contributed by atoms with van der Waals surface area (Å²) in [6.07, 6.45) is 3.56. The third-order valence-corrected chi connectivity index (χ3v) is 5.51. The van der Waals surface area contributed by atoms with Crippen molar-refractivity contribution in [1.82, 2.24) is 29.5 Å². The molecule has 0 fully saturated rings. The Morgan fingerprint density at radius 3 is 2.82 bits per heavy atom. The van der Waals surface area contributed by atoms with Gasteiger partial charge in [0, 0.05) is 29.6 Å². The summed E-state index contributed by atoms with van der Waals surface area (Å²) in [5.41, 5.74) is 17.6. The van der Waals surface area contributed by atoms with E-state index in [9.17, 15) is 4.79 Å². The summed E-state index contributed by atoms with van der Waals surface area (Å²) >= 11 is 0. The number of carbonyl (C=O) groups excluding carboxylic acids is 1. The molecule has 0 aliphatic carbocycles. The molecule has 1 aromatic carbocycles. The SMILES string of the molecule is Cc1nn(CC(N)=O)cc1Nc1nc(N)c2c(-c3cccc4c3C=NC4)nn(C(C)C)c2n1. The number of nitrogen functional groups attached to an aromatic ring is 1. The van der Waals surface area contributed by atoms with Gasteiger partial charge in [0.25, 0.3) is 0 Å². The third kappa shape index (κ3) is 3.56. The molecule has 0 saturated carbocycles. The summed E-state index contributed by atoms with van der Waals surface area (Å²) < 4.78 is 3.32. The maximum atomic E-state index is 11.2. The normalized spacial score (nSPS) is 12.6. The summed E-state index contributed by atoms with van der Waals surface area (Å²) in [4.78, 5) is 24.9. The number of amides is 1. The number of nitrogens with two attached hydrogens (primary N) is 2. The molecule has 11 heteroatoms. The van der Waals surface area contributed by atoms with Crippen molar-refractivity contribution >= 4 is 40.6 Å². The Morgan fingerprint density at radius 2 is 2.06 bits per heavy atom. The fraction of sp³-hybridized carbons (Fsp3) is 0.273. The Bertz CT molecular complexity index is 1430. The van der Waals surface area contributed by atoms with Crippen LogP contribution in [0.1, 0.15) is 36.7 Å². The lowest BCUT2D eigenvalue weighted by Gasteiger charge is -2.08. The Morgan fingerprint density at radius 1 is 1.24 bits per heavy atom. The lowest BCUT2D eigenvalue weighted by atomic mass is 10.00. The predicted molar refractivity (Wildman–Crippen MR) is 126 cm³/mol. The Kier molecular flexibility index (Phi) is 4.81. The first kappa shape index (κ1) is 20.6. The molecule has 11 nitrogen and oxygen atoms in total. The number of aryl methyl sites for hydroxylation is 1. The second-order valence-electron chi connectivity index (χ2n) is 8.28. The van der Waals surface area contributed by atoms with Crippen LogP contribution in [0.2, 0.25) is 0 Å². The minimum atomic E-state index is -0.475. The lowest BCUT2D eigenvalue weighted by Crippen LogP contribution is -2.18. The van der Waals surface area contributed by atoms with E-state index < -0.39 is 5.91 Å². The lowest BCUT2D eigenvalue weighted by molar-refractivity contribution is -0.118. The van der Waals surface area contributed by atoms with Crippen molar-refractivity contribution in [3.63, 3.8) is 0 Å². The van der Waals surface area contributed by atoms with E-state index in [-0.39, 0.29) is 12.6 Å². The van der Waals surface area contributed by atoms with Gasteiger partial charge in [0.2, 0.25) is 11.9 Å². The van der Waals surface area contributed by atoms with Crippen LogP contribution in [0.25, 0.3) is 22.3 Å². The molecule has 1 amide bonds. The fourth-order valence-electron chi connectivity index (χ4n) is 4.02. The van der Waals surface area contributed by atoms with Crippen molar-refractivity contribution in [2.24, 2.45) is 10.7 Å². The molecule has 33 heavy (non-hydrogen) atoms. The van der Waals surface area contributed by atoms with Crippen molar-refractivity contribution in [1.29, 1.82) is 0 Å². The van der Waals surface area contributed by atoms with Gasteiger partial charge in [-0.05, 0) is 26.3 Å². The number of nitrogens with zero attached hydrogens (tertiary/aromatic N) is 7. The predicted octanol–water partition coefficient (Wildman–Crippen LogP) is 2.32. The highest BCUT2D eigenvalue weighted by atomic mass is 16.1. The van der Waals surface area contributed by atoms with E-state index in [4.69, 9.17) is 21.5 Å². The number of benzene rings is 1. The van der Waals surface area contributed by atoms with E-state index in [1.165, 1.54) is 4.68 Å². The van der Waals surface area contributed by atoms with Crippen LogP contribution in [0.5, 0.6) is 0 Å². The molecule has 0 spiro atoms. The summed E-state index contributed by atoms with van der Waals surface area (Å²) in [7, 11) is 0. The molecular formula is C22H24N10O. The van der Waals surface area contributed by atoms with Crippen LogP contribution in [0.3, 0.4) is 0 Å². The maximum Gasteiger partial charge on any atom is 0.239 e. The number of carbonyl (C=O) groups is 1. The van der Waals surface area contributed by atoms with Crippen LogP contribution in [-0.4, -0.2) is 41.7 Å². The molecule has 5 N–H and O–H groups in total. The molecule has 0 radical (unpaired) electrons. The van der Waals surface area contributed by atoms with Gasteiger partial charge in [-0.25, -0.2) is 4.68 Å². The second kappa shape index (κ2) is 7.69. The average molecular weight is 445 g/mol. The van der Waals surface area contributed by atoms with Gasteiger partial charge in [-0.3, -0.25) is 14.5 Å². The van der Waals surface area contributed by atoms with Gasteiger partial charge in [0.1, 0.15) is 18.1 Å². The molecule has 4 heterocycles. The number of hydrogen-bond acceptors (Lipinski definition) is 8. The van der Waals surface area contributed by atoms with E-state index in [1.54, 1.807) is 6.20 Å².